The van der Waals surface area contributed by atoms with E-state index in [0.29, 0.717) is 0 Å². The molecule has 216 valence electrons. The molecule has 0 atom stereocenters. The zero-order valence-corrected chi connectivity index (χ0v) is 26.3. The minimum absolute atomic E-state index is 1.08. The average Bonchev–Trinajstić information content (AvgIpc) is 3.05. The fraction of sp³-hybridized carbons (Fsp3) is 0.136. The summed E-state index contributed by atoms with van der Waals surface area (Å²) >= 11 is 0. The van der Waals surface area contributed by atoms with Crippen molar-refractivity contribution < 1.29 is 0 Å². The van der Waals surface area contributed by atoms with Crippen molar-refractivity contribution in [2.24, 2.45) is 0 Å². The van der Waals surface area contributed by atoms with Gasteiger partial charge < -0.3 is 0 Å². The van der Waals surface area contributed by atoms with Gasteiger partial charge in [0.2, 0.25) is 0 Å². The molecule has 0 nitrogen and oxygen atoms in total. The lowest BCUT2D eigenvalue weighted by molar-refractivity contribution is 0.932. The van der Waals surface area contributed by atoms with Crippen LogP contribution in [0.5, 0.6) is 0 Å². The normalized spacial score (nSPS) is 13.2. The molecule has 0 amide bonds. The maximum Gasteiger partial charge on any atom is -0.0105 e. The summed E-state index contributed by atoms with van der Waals surface area (Å²) in [6.45, 7) is 8.64. The Kier molecular flexibility index (Phi) is 8.71. The fourth-order valence-electron chi connectivity index (χ4n) is 5.74. The van der Waals surface area contributed by atoms with Gasteiger partial charge in [0, 0.05) is 0 Å². The zero-order valence-electron chi connectivity index (χ0n) is 26.3. The third-order valence-corrected chi connectivity index (χ3v) is 8.57. The smallest absolute Gasteiger partial charge is 0.0105 e. The molecule has 0 unspecified atom stereocenters. The molecule has 6 rings (SSSR count). The molecule has 0 heterocycles. The molecule has 1 aliphatic carbocycles. The Balaban J connectivity index is 1.28. The largest absolute Gasteiger partial charge is 0.0730 e. The van der Waals surface area contributed by atoms with E-state index in [1.54, 1.807) is 0 Å². The van der Waals surface area contributed by atoms with Crippen molar-refractivity contribution in [2.45, 2.75) is 40.5 Å². The highest BCUT2D eigenvalue weighted by Crippen LogP contribution is 2.33. The first-order valence-corrected chi connectivity index (χ1v) is 15.6. The van der Waals surface area contributed by atoms with E-state index >= 15 is 0 Å². The van der Waals surface area contributed by atoms with Crippen LogP contribution in [0.4, 0.5) is 0 Å². The van der Waals surface area contributed by atoms with E-state index in [0.717, 1.165) is 12.8 Å². The Morgan fingerprint density at radius 1 is 0.409 bits per heavy atom. The maximum atomic E-state index is 2.35. The van der Waals surface area contributed by atoms with E-state index in [4.69, 9.17) is 0 Å². The van der Waals surface area contributed by atoms with Gasteiger partial charge in [-0.1, -0.05) is 156 Å². The Morgan fingerprint density at radius 3 is 1.18 bits per heavy atom. The molecule has 0 aliphatic heterocycles. The summed E-state index contributed by atoms with van der Waals surface area (Å²) in [7, 11) is 0. The molecule has 0 aromatic heterocycles. The van der Waals surface area contributed by atoms with Gasteiger partial charge in [-0.2, -0.15) is 0 Å². The van der Waals surface area contributed by atoms with Crippen molar-refractivity contribution in [3.8, 4) is 11.1 Å². The number of hydrogen-bond acceptors (Lipinski definition) is 0. The quantitative estimate of drug-likeness (QED) is 0.171. The van der Waals surface area contributed by atoms with E-state index in [1.807, 2.05) is 0 Å². The lowest BCUT2D eigenvalue weighted by atomic mass is 9.88. The molecule has 0 saturated carbocycles. The van der Waals surface area contributed by atoms with Crippen LogP contribution in [-0.2, 0) is 0 Å². The molecule has 44 heavy (non-hydrogen) atoms. The van der Waals surface area contributed by atoms with Crippen molar-refractivity contribution in [3.05, 3.63) is 189 Å². The van der Waals surface area contributed by atoms with Gasteiger partial charge in [-0.25, -0.2) is 0 Å². The molecule has 5 aromatic carbocycles. The predicted octanol–water partition coefficient (Wildman–Crippen LogP) is 12.1. The second-order valence-electron chi connectivity index (χ2n) is 12.2. The molecule has 0 radical (unpaired) electrons. The van der Waals surface area contributed by atoms with Gasteiger partial charge >= 0.3 is 0 Å². The van der Waals surface area contributed by atoms with Crippen LogP contribution in [0.1, 0.15) is 64.3 Å². The van der Waals surface area contributed by atoms with E-state index in [-0.39, 0.29) is 0 Å². The summed E-state index contributed by atoms with van der Waals surface area (Å²) in [4.78, 5) is 0. The van der Waals surface area contributed by atoms with Crippen LogP contribution < -0.4 is 0 Å². The molecular formula is C44H40. The highest BCUT2D eigenvalue weighted by molar-refractivity contribution is 5.93. The van der Waals surface area contributed by atoms with Crippen molar-refractivity contribution in [3.63, 3.8) is 0 Å². The Labute approximate surface area is 263 Å². The van der Waals surface area contributed by atoms with Gasteiger partial charge in [-0.15, -0.1) is 0 Å². The van der Waals surface area contributed by atoms with Crippen LogP contribution in [0.15, 0.2) is 145 Å². The molecule has 0 fully saturated rings. The molecule has 0 bridgehead atoms. The highest BCUT2D eigenvalue weighted by Gasteiger charge is 2.12. The monoisotopic (exact) mass is 568 g/mol. The second kappa shape index (κ2) is 13.1. The fourth-order valence-corrected chi connectivity index (χ4v) is 5.74. The number of benzene rings is 5. The summed E-state index contributed by atoms with van der Waals surface area (Å²) < 4.78 is 0. The van der Waals surface area contributed by atoms with E-state index in [2.05, 4.69) is 173 Å². The topological polar surface area (TPSA) is 0 Å². The van der Waals surface area contributed by atoms with Crippen LogP contribution >= 0.6 is 0 Å². The number of hydrogen-bond donors (Lipinski definition) is 0. The second-order valence-corrected chi connectivity index (χ2v) is 12.2. The average molecular weight is 569 g/mol. The van der Waals surface area contributed by atoms with E-state index in [9.17, 15) is 0 Å². The number of rotatable bonds is 7. The van der Waals surface area contributed by atoms with Crippen LogP contribution in [-0.4, -0.2) is 0 Å². The Hall–Kier alpha value is -4.94. The summed E-state index contributed by atoms with van der Waals surface area (Å²) in [5.74, 6) is 0. The highest BCUT2D eigenvalue weighted by atomic mass is 14.2. The van der Waals surface area contributed by atoms with Gasteiger partial charge in [0.15, 0.2) is 0 Å². The third kappa shape index (κ3) is 6.99. The van der Waals surface area contributed by atoms with Gasteiger partial charge in [-0.3, -0.25) is 0 Å². The number of allylic oxidation sites excluding steroid dienone is 5. The Morgan fingerprint density at radius 2 is 0.795 bits per heavy atom. The standard InChI is InChI=1S/C44H40/c1-31-5-17-39(18-6-31)43(40-19-7-32(2)8-20-40)29-35-13-25-37(26-14-35)38-27-15-36(16-28-38)30-44(41-21-9-33(3)10-22-41)42-23-11-34(4)12-24-42/h5-11,13-23,25-30H,12,24H2,1-4H3/b44-30+. The van der Waals surface area contributed by atoms with Crippen LogP contribution in [0.3, 0.4) is 0 Å². The minimum atomic E-state index is 1.08. The summed E-state index contributed by atoms with van der Waals surface area (Å²) in [6.07, 6.45) is 11.4. The predicted molar refractivity (Wildman–Crippen MR) is 191 cm³/mol. The van der Waals surface area contributed by atoms with Gasteiger partial charge in [0.25, 0.3) is 0 Å². The van der Waals surface area contributed by atoms with Gasteiger partial charge in [-0.05, 0) is 108 Å². The third-order valence-electron chi connectivity index (χ3n) is 8.57. The lowest BCUT2D eigenvalue weighted by Crippen LogP contribution is -1.96. The number of aryl methyl sites for hydroxylation is 3. The van der Waals surface area contributed by atoms with Gasteiger partial charge in [0.05, 0.1) is 0 Å². The summed E-state index contributed by atoms with van der Waals surface area (Å²) in [5.41, 5.74) is 17.8. The first kappa shape index (κ1) is 29.1. The first-order chi connectivity index (χ1) is 21.4. The van der Waals surface area contributed by atoms with E-state index in [1.165, 1.54) is 77.9 Å². The molecule has 0 saturated heterocycles. The van der Waals surface area contributed by atoms with Crippen molar-refractivity contribution >= 4 is 23.3 Å². The van der Waals surface area contributed by atoms with Gasteiger partial charge in [0.1, 0.15) is 0 Å². The van der Waals surface area contributed by atoms with Crippen molar-refractivity contribution in [1.82, 2.24) is 0 Å². The SMILES string of the molecule is CC1=CC=C(/C(=C/c2ccc(-c3ccc(C=C(c4ccc(C)cc4)c4ccc(C)cc4)cc3)cc2)c2ccc(C)cc2)CC1. The molecule has 1 aliphatic rings. The first-order valence-electron chi connectivity index (χ1n) is 15.6. The molecule has 0 heteroatoms. The molecule has 5 aromatic rings. The minimum Gasteiger partial charge on any atom is -0.0730 e. The van der Waals surface area contributed by atoms with Crippen LogP contribution in [0.2, 0.25) is 0 Å². The molecule has 0 N–H and O–H groups in total. The maximum absolute atomic E-state index is 2.35. The van der Waals surface area contributed by atoms with Crippen LogP contribution in [0, 0.1) is 20.8 Å². The van der Waals surface area contributed by atoms with Crippen molar-refractivity contribution in [2.75, 3.05) is 0 Å². The molecular weight excluding hydrogens is 528 g/mol. The summed E-state index contributed by atoms with van der Waals surface area (Å²) in [5, 5.41) is 0. The lowest BCUT2D eigenvalue weighted by Gasteiger charge is -2.17. The Bertz CT molecular complexity index is 1810. The molecule has 0 spiro atoms. The van der Waals surface area contributed by atoms with E-state index < -0.39 is 0 Å². The van der Waals surface area contributed by atoms with Crippen LogP contribution in [0.25, 0.3) is 34.4 Å². The summed E-state index contributed by atoms with van der Waals surface area (Å²) in [6, 6.07) is 44.4. The van der Waals surface area contributed by atoms with Crippen molar-refractivity contribution in [1.29, 1.82) is 0 Å². The zero-order chi connectivity index (χ0) is 30.5.